The van der Waals surface area contributed by atoms with Crippen molar-refractivity contribution < 1.29 is 33.8 Å². The zero-order valence-corrected chi connectivity index (χ0v) is 31.2. The number of fused-ring (bicyclic) bond motifs is 4. The summed E-state index contributed by atoms with van der Waals surface area (Å²) in [5, 5.41) is 19.3. The molecule has 8 rings (SSSR count). The number of imide groups is 2. The van der Waals surface area contributed by atoms with E-state index in [0.29, 0.717) is 28.3 Å². The predicted molar refractivity (Wildman–Crippen MR) is 206 cm³/mol. The van der Waals surface area contributed by atoms with E-state index >= 15 is 0 Å². The summed E-state index contributed by atoms with van der Waals surface area (Å²) < 4.78 is 11.6. The third-order valence-electron chi connectivity index (χ3n) is 11.9. The molecule has 2 heterocycles. The number of phenolic OH excluding ortho intramolecular Hbond substituents is 1. The van der Waals surface area contributed by atoms with Crippen molar-refractivity contribution in [2.75, 3.05) is 43.0 Å². The van der Waals surface area contributed by atoms with Crippen LogP contribution in [0.1, 0.15) is 31.2 Å². The maximum atomic E-state index is 14.8. The highest BCUT2D eigenvalue weighted by Crippen LogP contribution is 2.65. The van der Waals surface area contributed by atoms with Gasteiger partial charge in [-0.2, -0.15) is 10.2 Å². The van der Waals surface area contributed by atoms with E-state index in [1.54, 1.807) is 55.5 Å². The van der Waals surface area contributed by atoms with Gasteiger partial charge in [0.2, 0.25) is 23.6 Å². The highest BCUT2D eigenvalue weighted by atomic mass is 16.5. The van der Waals surface area contributed by atoms with Crippen molar-refractivity contribution in [3.8, 4) is 17.2 Å². The molecule has 55 heavy (non-hydrogen) atoms. The summed E-state index contributed by atoms with van der Waals surface area (Å²) >= 11 is 0. The number of nitrogens with zero attached hydrogens (tertiary/aromatic N) is 5. The number of amides is 4. The molecule has 12 heteroatoms. The van der Waals surface area contributed by atoms with Crippen LogP contribution in [0.15, 0.2) is 113 Å². The summed E-state index contributed by atoms with van der Waals surface area (Å²) in [7, 11) is 6.86. The fourth-order valence-corrected chi connectivity index (χ4v) is 9.21. The summed E-state index contributed by atoms with van der Waals surface area (Å²) in [6, 6.07) is 26.2. The largest absolute Gasteiger partial charge is 0.508 e. The molecule has 4 aliphatic rings. The lowest BCUT2D eigenvalue weighted by atomic mass is 9.51. The molecule has 280 valence electrons. The van der Waals surface area contributed by atoms with Crippen LogP contribution in [0.3, 0.4) is 0 Å². The van der Waals surface area contributed by atoms with Crippen LogP contribution in [0, 0.1) is 29.1 Å². The van der Waals surface area contributed by atoms with Gasteiger partial charge in [0.05, 0.1) is 60.1 Å². The van der Waals surface area contributed by atoms with Gasteiger partial charge in [-0.25, -0.2) is 4.90 Å². The minimum absolute atomic E-state index is 0.0951. The summed E-state index contributed by atoms with van der Waals surface area (Å²) in [5.74, 6) is -4.55. The van der Waals surface area contributed by atoms with Gasteiger partial charge in [0.1, 0.15) is 17.2 Å². The minimum Gasteiger partial charge on any atom is -0.508 e. The molecule has 4 amide bonds. The molecule has 0 radical (unpaired) electrons. The highest BCUT2D eigenvalue weighted by molar-refractivity contribution is 6.25. The van der Waals surface area contributed by atoms with Gasteiger partial charge in [-0.15, -0.1) is 0 Å². The second kappa shape index (κ2) is 13.5. The number of hydrogen-bond donors (Lipinski definition) is 1. The summed E-state index contributed by atoms with van der Waals surface area (Å²) in [4.78, 5) is 62.5. The Labute approximate surface area is 318 Å². The maximum Gasteiger partial charge on any atom is 0.241 e. The molecule has 0 bridgehead atoms. The number of hydrogen-bond acceptors (Lipinski definition) is 10. The molecule has 2 aliphatic carbocycles. The van der Waals surface area contributed by atoms with E-state index in [1.165, 1.54) is 36.2 Å². The molecule has 4 aromatic rings. The number of phenols is 1. The average molecular weight is 740 g/mol. The standard InChI is InChI=1S/C43H41N5O7/c1-43-33(40(51)48(42(43)53)27-9-7-6-8-10-27)23-32-30(38(43)37-34(54-4)21-29(49)22-35(37)55-5)19-20-31-36(32)41(52)47(39(31)50)28-17-13-25(14-18-28)45-44-24-11-15-26(16-12-24)46(2)3/h6-19,21-22,31-33,36,38,49H,20,23H2,1-5H3/t31-,32+,33-,36-,38+,43+/m0/s1. The molecule has 0 unspecified atom stereocenters. The summed E-state index contributed by atoms with van der Waals surface area (Å²) in [6.45, 7) is 1.80. The maximum absolute atomic E-state index is 14.8. The SMILES string of the molecule is COc1cc(O)cc(OC)c1[C@H]1C2=CC[C@@H]3C(=O)N(c4ccc(N=Nc5ccc(N(C)C)cc5)cc4)C(=O)[C@@H]3[C@@H]2C[C@H]2C(=O)N(c3ccccc3)C(=O)[C@@]12C. The van der Waals surface area contributed by atoms with Gasteiger partial charge in [-0.3, -0.25) is 24.1 Å². The fraction of sp³-hybridized carbons (Fsp3) is 0.302. The topological polar surface area (TPSA) is 141 Å². The molecule has 2 aliphatic heterocycles. The van der Waals surface area contributed by atoms with Crippen LogP contribution in [0.2, 0.25) is 0 Å². The lowest BCUT2D eigenvalue weighted by Gasteiger charge is -2.49. The number of rotatable bonds is 8. The number of allylic oxidation sites excluding steroid dienone is 2. The molecule has 1 N–H and O–H groups in total. The van der Waals surface area contributed by atoms with Crippen LogP contribution in [-0.2, 0) is 19.2 Å². The molecular formula is C43H41N5O7. The van der Waals surface area contributed by atoms with E-state index in [1.807, 2.05) is 55.4 Å². The zero-order chi connectivity index (χ0) is 38.8. The number of para-hydroxylation sites is 1. The van der Waals surface area contributed by atoms with E-state index in [4.69, 9.17) is 9.47 Å². The zero-order valence-electron chi connectivity index (χ0n) is 31.2. The number of azo groups is 1. The number of carbonyl (C=O) groups excluding carboxylic acids is 4. The van der Waals surface area contributed by atoms with Gasteiger partial charge < -0.3 is 19.5 Å². The van der Waals surface area contributed by atoms with Gasteiger partial charge in [0, 0.05) is 43.4 Å². The summed E-state index contributed by atoms with van der Waals surface area (Å²) in [5.41, 5.74) is 3.11. The first kappa shape index (κ1) is 35.7. The number of aromatic hydroxyl groups is 1. The van der Waals surface area contributed by atoms with E-state index in [9.17, 15) is 24.3 Å². The van der Waals surface area contributed by atoms with Crippen LogP contribution in [0.5, 0.6) is 17.2 Å². The minimum atomic E-state index is -1.32. The Hall–Kier alpha value is -6.30. The molecule has 2 saturated heterocycles. The van der Waals surface area contributed by atoms with Crippen molar-refractivity contribution in [2.45, 2.75) is 25.7 Å². The molecular weight excluding hydrogens is 699 g/mol. The molecule has 1 saturated carbocycles. The molecule has 3 fully saturated rings. The molecule has 0 spiro atoms. The Bertz CT molecular complexity index is 2250. The highest BCUT2D eigenvalue weighted by Gasteiger charge is 2.68. The van der Waals surface area contributed by atoms with Crippen molar-refractivity contribution in [3.05, 3.63) is 108 Å². The van der Waals surface area contributed by atoms with Crippen LogP contribution < -0.4 is 24.2 Å². The van der Waals surface area contributed by atoms with Crippen molar-refractivity contribution in [1.82, 2.24) is 0 Å². The van der Waals surface area contributed by atoms with Crippen LogP contribution in [-0.4, -0.2) is 57.1 Å². The fourth-order valence-electron chi connectivity index (χ4n) is 9.21. The quantitative estimate of drug-likeness (QED) is 0.113. The normalized spacial score (nSPS) is 25.8. The van der Waals surface area contributed by atoms with E-state index in [-0.39, 0.29) is 53.7 Å². The first-order chi connectivity index (χ1) is 26.5. The lowest BCUT2D eigenvalue weighted by molar-refractivity contribution is -0.131. The van der Waals surface area contributed by atoms with E-state index in [2.05, 4.69) is 10.2 Å². The molecule has 6 atom stereocenters. The Morgan fingerprint density at radius 1 is 0.745 bits per heavy atom. The second-order valence-electron chi connectivity index (χ2n) is 14.9. The van der Waals surface area contributed by atoms with Crippen LogP contribution in [0.25, 0.3) is 0 Å². The van der Waals surface area contributed by atoms with Gasteiger partial charge in [0.15, 0.2) is 0 Å². The van der Waals surface area contributed by atoms with Gasteiger partial charge in [-0.1, -0.05) is 29.8 Å². The smallest absolute Gasteiger partial charge is 0.241 e. The number of benzene rings is 4. The third-order valence-corrected chi connectivity index (χ3v) is 11.9. The number of anilines is 3. The van der Waals surface area contributed by atoms with Crippen molar-refractivity contribution >= 4 is 52.1 Å². The second-order valence-corrected chi connectivity index (χ2v) is 14.9. The first-order valence-corrected chi connectivity index (χ1v) is 18.2. The molecule has 4 aromatic carbocycles. The van der Waals surface area contributed by atoms with Gasteiger partial charge in [-0.05, 0) is 86.3 Å². The monoisotopic (exact) mass is 739 g/mol. The number of carbonyl (C=O) groups is 4. The van der Waals surface area contributed by atoms with E-state index < -0.39 is 35.0 Å². The lowest BCUT2D eigenvalue weighted by Crippen LogP contribution is -2.49. The Morgan fingerprint density at radius 2 is 1.33 bits per heavy atom. The van der Waals surface area contributed by atoms with Gasteiger partial charge in [0.25, 0.3) is 0 Å². The molecule has 0 aromatic heterocycles. The van der Waals surface area contributed by atoms with Crippen LogP contribution in [0.4, 0.5) is 28.4 Å². The molecule has 12 nitrogen and oxygen atoms in total. The van der Waals surface area contributed by atoms with E-state index in [0.717, 1.165) is 11.3 Å². The third kappa shape index (κ3) is 5.57. The average Bonchev–Trinajstić information content (AvgIpc) is 3.56. The summed E-state index contributed by atoms with van der Waals surface area (Å²) in [6.07, 6.45) is 2.43. The van der Waals surface area contributed by atoms with Crippen molar-refractivity contribution in [2.24, 2.45) is 39.3 Å². The van der Waals surface area contributed by atoms with Crippen LogP contribution >= 0.6 is 0 Å². The number of ether oxygens (including phenoxy) is 2. The van der Waals surface area contributed by atoms with Crippen molar-refractivity contribution in [1.29, 1.82) is 0 Å². The van der Waals surface area contributed by atoms with Gasteiger partial charge >= 0.3 is 0 Å². The Kier molecular flexibility index (Phi) is 8.78. The first-order valence-electron chi connectivity index (χ1n) is 18.2. The Balaban J connectivity index is 1.16. The number of methoxy groups -OCH3 is 2. The predicted octanol–water partition coefficient (Wildman–Crippen LogP) is 7.33. The van der Waals surface area contributed by atoms with Crippen molar-refractivity contribution in [3.63, 3.8) is 0 Å². The Morgan fingerprint density at radius 3 is 1.91 bits per heavy atom.